The van der Waals surface area contributed by atoms with Crippen LogP contribution in [0, 0.1) is 0 Å². The molecule has 0 aromatic rings. The van der Waals surface area contributed by atoms with E-state index in [-0.39, 0.29) is 0 Å². The van der Waals surface area contributed by atoms with E-state index in [1.54, 1.807) is 6.92 Å². The maximum Gasteiger partial charge on any atom is 0.139 e. The molecule has 1 unspecified atom stereocenters. The van der Waals surface area contributed by atoms with Crippen molar-refractivity contribution < 1.29 is 4.39 Å². The normalized spacial score (nSPS) is 30.6. The second kappa shape index (κ2) is 1.60. The Morgan fingerprint density at radius 1 is 1.86 bits per heavy atom. The van der Waals surface area contributed by atoms with Crippen LogP contribution >= 0.6 is 0 Å². The van der Waals surface area contributed by atoms with E-state index >= 15 is 0 Å². The topological polar surface area (TPSA) is 12.4 Å². The van der Waals surface area contributed by atoms with Gasteiger partial charge in [0, 0.05) is 18.7 Å². The minimum absolute atomic E-state index is 0.603. The van der Waals surface area contributed by atoms with Crippen LogP contribution in [0.3, 0.4) is 0 Å². The summed E-state index contributed by atoms with van der Waals surface area (Å²) in [6, 6.07) is 0. The molecule has 0 saturated heterocycles. The first-order valence-corrected chi connectivity index (χ1v) is 2.45. The molecule has 40 valence electrons. The Hall–Kier alpha value is -0.400. The molecule has 0 saturated carbocycles. The summed E-state index contributed by atoms with van der Waals surface area (Å²) in [5.74, 6) is 0. The highest BCUT2D eigenvalue weighted by molar-refractivity contribution is 5.87. The first kappa shape index (κ1) is 4.75. The number of rotatable bonds is 0. The number of alkyl halides is 1. The number of hydrogen-bond acceptors (Lipinski definition) is 1. The fourth-order valence-electron chi connectivity index (χ4n) is 0.662. The molecule has 0 aliphatic carbocycles. The van der Waals surface area contributed by atoms with Gasteiger partial charge in [0.1, 0.15) is 6.17 Å². The van der Waals surface area contributed by atoms with Gasteiger partial charge in [0.15, 0.2) is 0 Å². The molecule has 0 bridgehead atoms. The van der Waals surface area contributed by atoms with Gasteiger partial charge in [-0.1, -0.05) is 0 Å². The quantitative estimate of drug-likeness (QED) is 0.434. The molecule has 0 spiro atoms. The Morgan fingerprint density at radius 3 is 2.71 bits per heavy atom. The third-order valence-corrected chi connectivity index (χ3v) is 1.20. The lowest BCUT2D eigenvalue weighted by atomic mass is 10.2. The highest BCUT2D eigenvalue weighted by Crippen LogP contribution is 2.07. The van der Waals surface area contributed by atoms with Crippen molar-refractivity contribution >= 4 is 5.71 Å². The second-order valence-electron chi connectivity index (χ2n) is 1.78. The molecule has 1 aliphatic heterocycles. The van der Waals surface area contributed by atoms with Gasteiger partial charge in [-0.15, -0.1) is 0 Å². The summed E-state index contributed by atoms with van der Waals surface area (Å²) in [7, 11) is 0. The fraction of sp³-hybridized carbons (Fsp3) is 0.800. The van der Waals surface area contributed by atoms with E-state index in [1.165, 1.54) is 0 Å². The van der Waals surface area contributed by atoms with Crippen molar-refractivity contribution in [1.82, 2.24) is 0 Å². The van der Waals surface area contributed by atoms with Crippen molar-refractivity contribution in [1.29, 1.82) is 0 Å². The molecule has 2 heteroatoms. The van der Waals surface area contributed by atoms with Crippen LogP contribution in [-0.4, -0.2) is 18.4 Å². The lowest BCUT2D eigenvalue weighted by Gasteiger charge is -1.91. The molecule has 0 aromatic carbocycles. The van der Waals surface area contributed by atoms with E-state index in [0.29, 0.717) is 18.7 Å². The number of hydrogen-bond donors (Lipinski definition) is 0. The largest absolute Gasteiger partial charge is 0.291 e. The summed E-state index contributed by atoms with van der Waals surface area (Å²) in [5, 5.41) is 0. The van der Waals surface area contributed by atoms with Gasteiger partial charge in [-0.25, -0.2) is 4.39 Å². The Morgan fingerprint density at radius 2 is 2.57 bits per heavy atom. The SMILES string of the molecule is CC1=NCCC1F. The van der Waals surface area contributed by atoms with Crippen molar-refractivity contribution in [2.75, 3.05) is 6.54 Å². The predicted octanol–water partition coefficient (Wildman–Crippen LogP) is 1.19. The van der Waals surface area contributed by atoms with Gasteiger partial charge in [0.05, 0.1) is 0 Å². The summed E-state index contributed by atoms with van der Waals surface area (Å²) in [6.45, 7) is 2.42. The van der Waals surface area contributed by atoms with Gasteiger partial charge in [-0.3, -0.25) is 4.99 Å². The lowest BCUT2D eigenvalue weighted by molar-refractivity contribution is 0.422. The van der Waals surface area contributed by atoms with Crippen LogP contribution in [0.5, 0.6) is 0 Å². The van der Waals surface area contributed by atoms with Crippen molar-refractivity contribution in [3.63, 3.8) is 0 Å². The molecular formula is C5H8FN. The highest BCUT2D eigenvalue weighted by Gasteiger charge is 2.14. The van der Waals surface area contributed by atoms with E-state index in [4.69, 9.17) is 0 Å². The summed E-state index contributed by atoms with van der Waals surface area (Å²) in [4.78, 5) is 3.86. The van der Waals surface area contributed by atoms with Gasteiger partial charge in [0.2, 0.25) is 0 Å². The molecule has 0 radical (unpaired) electrons. The first-order chi connectivity index (χ1) is 3.30. The minimum atomic E-state index is -0.736. The number of nitrogens with zero attached hydrogens (tertiary/aromatic N) is 1. The molecule has 1 atom stereocenters. The number of aliphatic imine (C=N–C) groups is 1. The Kier molecular flexibility index (Phi) is 1.09. The van der Waals surface area contributed by atoms with Crippen LogP contribution in [0.1, 0.15) is 13.3 Å². The van der Waals surface area contributed by atoms with E-state index < -0.39 is 6.17 Å². The number of halogens is 1. The Bertz CT molecular complexity index is 98.3. The molecular weight excluding hydrogens is 93.1 g/mol. The third kappa shape index (κ3) is 0.787. The van der Waals surface area contributed by atoms with Crippen molar-refractivity contribution in [2.45, 2.75) is 19.5 Å². The maximum absolute atomic E-state index is 12.2. The van der Waals surface area contributed by atoms with Crippen LogP contribution in [0.4, 0.5) is 4.39 Å². The molecule has 1 nitrogen and oxygen atoms in total. The molecule has 7 heavy (non-hydrogen) atoms. The first-order valence-electron chi connectivity index (χ1n) is 2.45. The predicted molar refractivity (Wildman–Crippen MR) is 27.5 cm³/mol. The van der Waals surface area contributed by atoms with E-state index in [0.717, 1.165) is 0 Å². The second-order valence-corrected chi connectivity index (χ2v) is 1.78. The van der Waals surface area contributed by atoms with E-state index in [2.05, 4.69) is 4.99 Å². The van der Waals surface area contributed by atoms with Crippen molar-refractivity contribution in [3.05, 3.63) is 0 Å². The zero-order valence-corrected chi connectivity index (χ0v) is 4.32. The van der Waals surface area contributed by atoms with Gasteiger partial charge in [-0.05, 0) is 6.92 Å². The van der Waals surface area contributed by atoms with E-state index in [1.807, 2.05) is 0 Å². The molecule has 1 heterocycles. The molecule has 0 N–H and O–H groups in total. The summed E-state index contributed by atoms with van der Waals surface area (Å²) in [6.07, 6.45) is -0.133. The smallest absolute Gasteiger partial charge is 0.139 e. The molecule has 0 amide bonds. The summed E-state index contributed by atoms with van der Waals surface area (Å²) >= 11 is 0. The Balaban J connectivity index is 2.54. The average molecular weight is 101 g/mol. The van der Waals surface area contributed by atoms with Gasteiger partial charge in [0.25, 0.3) is 0 Å². The molecule has 0 fully saturated rings. The van der Waals surface area contributed by atoms with Crippen LogP contribution < -0.4 is 0 Å². The Labute approximate surface area is 42.3 Å². The van der Waals surface area contributed by atoms with E-state index in [9.17, 15) is 4.39 Å². The maximum atomic E-state index is 12.2. The van der Waals surface area contributed by atoms with Crippen molar-refractivity contribution in [3.8, 4) is 0 Å². The summed E-state index contributed by atoms with van der Waals surface area (Å²) in [5.41, 5.74) is 0.667. The van der Waals surface area contributed by atoms with Crippen LogP contribution in [0.2, 0.25) is 0 Å². The molecule has 0 aromatic heterocycles. The third-order valence-electron chi connectivity index (χ3n) is 1.20. The highest BCUT2D eigenvalue weighted by atomic mass is 19.1. The van der Waals surface area contributed by atoms with Crippen molar-refractivity contribution in [2.24, 2.45) is 4.99 Å². The summed E-state index contributed by atoms with van der Waals surface area (Å²) < 4.78 is 12.2. The minimum Gasteiger partial charge on any atom is -0.291 e. The average Bonchev–Trinajstić information content (AvgIpc) is 1.91. The molecule has 1 rings (SSSR count). The zero-order chi connectivity index (χ0) is 5.28. The van der Waals surface area contributed by atoms with Crippen LogP contribution in [-0.2, 0) is 0 Å². The zero-order valence-electron chi connectivity index (χ0n) is 4.32. The molecule has 1 aliphatic rings. The fourth-order valence-corrected chi connectivity index (χ4v) is 0.662. The lowest BCUT2D eigenvalue weighted by Crippen LogP contribution is -2.03. The van der Waals surface area contributed by atoms with Gasteiger partial charge < -0.3 is 0 Å². The monoisotopic (exact) mass is 101 g/mol. The van der Waals surface area contributed by atoms with Crippen LogP contribution in [0.15, 0.2) is 4.99 Å². The van der Waals surface area contributed by atoms with Gasteiger partial charge in [-0.2, -0.15) is 0 Å². The standard InChI is InChI=1S/C5H8FN/c1-4-5(6)2-3-7-4/h5H,2-3H2,1H3. The van der Waals surface area contributed by atoms with Gasteiger partial charge >= 0.3 is 0 Å². The van der Waals surface area contributed by atoms with Crippen LogP contribution in [0.25, 0.3) is 0 Å².